The average Bonchev–Trinajstić information content (AvgIpc) is 2.99. The molecule has 0 saturated carbocycles. The summed E-state index contributed by atoms with van der Waals surface area (Å²) in [5, 5.41) is 13.4. The summed E-state index contributed by atoms with van der Waals surface area (Å²) >= 11 is 0. The molecule has 0 atom stereocenters. The molecule has 0 fully saturated rings. The van der Waals surface area contributed by atoms with Gasteiger partial charge in [-0.05, 0) is 35.9 Å². The lowest BCUT2D eigenvalue weighted by molar-refractivity contribution is -0.121. The highest BCUT2D eigenvalue weighted by atomic mass is 16.5. The molecule has 0 saturated heterocycles. The minimum Gasteiger partial charge on any atom is -0.504 e. The fourth-order valence-corrected chi connectivity index (χ4v) is 2.28. The Kier molecular flexibility index (Phi) is 4.42. The Morgan fingerprint density at radius 3 is 3.04 bits per heavy atom. The molecule has 0 radical (unpaired) electrons. The Balaban J connectivity index is 1.63. The van der Waals surface area contributed by atoms with Crippen molar-refractivity contribution >= 4 is 23.2 Å². The first-order chi connectivity index (χ1) is 11.7. The molecule has 2 aromatic carbocycles. The SMILES string of the molecule is COc1cc(/C=N\NC(=O)Cn2cnc3ccccc32)ccc1O. The van der Waals surface area contributed by atoms with E-state index in [4.69, 9.17) is 4.74 Å². The van der Waals surface area contributed by atoms with Crippen molar-refractivity contribution in [2.75, 3.05) is 7.11 Å². The molecule has 0 aliphatic heterocycles. The summed E-state index contributed by atoms with van der Waals surface area (Å²) in [5.41, 5.74) is 4.88. The monoisotopic (exact) mass is 324 g/mol. The topological polar surface area (TPSA) is 88.7 Å². The van der Waals surface area contributed by atoms with Gasteiger partial charge in [0, 0.05) is 0 Å². The maximum Gasteiger partial charge on any atom is 0.260 e. The second kappa shape index (κ2) is 6.82. The van der Waals surface area contributed by atoms with E-state index in [-0.39, 0.29) is 18.2 Å². The summed E-state index contributed by atoms with van der Waals surface area (Å²) in [6.45, 7) is 0.122. The van der Waals surface area contributed by atoms with E-state index < -0.39 is 0 Å². The third kappa shape index (κ3) is 3.35. The van der Waals surface area contributed by atoms with Gasteiger partial charge >= 0.3 is 0 Å². The number of phenols is 1. The van der Waals surface area contributed by atoms with E-state index in [0.717, 1.165) is 11.0 Å². The Labute approximate surface area is 138 Å². The molecule has 2 N–H and O–H groups in total. The number of hydrogen-bond donors (Lipinski definition) is 2. The van der Waals surface area contributed by atoms with Gasteiger partial charge in [0.1, 0.15) is 6.54 Å². The average molecular weight is 324 g/mol. The van der Waals surface area contributed by atoms with Crippen molar-refractivity contribution in [3.8, 4) is 11.5 Å². The van der Waals surface area contributed by atoms with Gasteiger partial charge in [0.25, 0.3) is 5.91 Å². The number of phenolic OH excluding ortho intramolecular Hbond substituents is 1. The predicted molar refractivity (Wildman–Crippen MR) is 90.1 cm³/mol. The summed E-state index contributed by atoms with van der Waals surface area (Å²) in [5.74, 6) is 0.126. The fraction of sp³-hybridized carbons (Fsp3) is 0.118. The molecule has 3 aromatic rings. The standard InChI is InChI=1S/C17H16N4O3/c1-24-16-8-12(6-7-15(16)22)9-19-20-17(23)10-21-11-18-13-4-2-3-5-14(13)21/h2-9,11,22H,10H2,1H3,(H,20,23)/b19-9-. The maximum atomic E-state index is 12.0. The zero-order valence-corrected chi connectivity index (χ0v) is 13.0. The number of aromatic nitrogens is 2. The number of para-hydroxylation sites is 2. The molecule has 1 aromatic heterocycles. The third-order valence-electron chi connectivity index (χ3n) is 3.45. The number of hydrazone groups is 1. The van der Waals surface area contributed by atoms with Gasteiger partial charge in [-0.1, -0.05) is 12.1 Å². The number of methoxy groups -OCH3 is 1. The molecule has 0 aliphatic rings. The van der Waals surface area contributed by atoms with E-state index in [1.54, 1.807) is 23.0 Å². The van der Waals surface area contributed by atoms with Crippen molar-refractivity contribution in [3.63, 3.8) is 0 Å². The molecular weight excluding hydrogens is 308 g/mol. The molecule has 1 amide bonds. The van der Waals surface area contributed by atoms with Gasteiger partial charge in [-0.2, -0.15) is 5.10 Å². The Morgan fingerprint density at radius 1 is 1.38 bits per heavy atom. The summed E-state index contributed by atoms with van der Waals surface area (Å²) < 4.78 is 6.77. The molecular formula is C17H16N4O3. The molecule has 7 nitrogen and oxygen atoms in total. The van der Waals surface area contributed by atoms with Gasteiger partial charge in [-0.15, -0.1) is 0 Å². The van der Waals surface area contributed by atoms with Gasteiger partial charge < -0.3 is 14.4 Å². The van der Waals surface area contributed by atoms with Crippen LogP contribution in [0.15, 0.2) is 53.9 Å². The summed E-state index contributed by atoms with van der Waals surface area (Å²) in [6.07, 6.45) is 3.10. The number of amides is 1. The number of nitrogens with zero attached hydrogens (tertiary/aromatic N) is 3. The zero-order chi connectivity index (χ0) is 16.9. The first kappa shape index (κ1) is 15.5. The van der Waals surface area contributed by atoms with Crippen molar-refractivity contribution in [1.29, 1.82) is 0 Å². The largest absolute Gasteiger partial charge is 0.504 e. The first-order valence-electron chi connectivity index (χ1n) is 7.26. The van der Waals surface area contributed by atoms with Crippen molar-refractivity contribution in [2.45, 2.75) is 6.54 Å². The molecule has 0 unspecified atom stereocenters. The van der Waals surface area contributed by atoms with Gasteiger partial charge in [-0.3, -0.25) is 4.79 Å². The molecule has 122 valence electrons. The Bertz CT molecular complexity index is 902. The highest BCUT2D eigenvalue weighted by molar-refractivity contribution is 5.84. The van der Waals surface area contributed by atoms with E-state index in [2.05, 4.69) is 15.5 Å². The zero-order valence-electron chi connectivity index (χ0n) is 13.0. The molecule has 3 rings (SSSR count). The number of fused-ring (bicyclic) bond motifs is 1. The number of rotatable bonds is 5. The quantitative estimate of drug-likeness (QED) is 0.554. The van der Waals surface area contributed by atoms with Crippen LogP contribution in [-0.2, 0) is 11.3 Å². The van der Waals surface area contributed by atoms with E-state index in [1.165, 1.54) is 19.4 Å². The second-order valence-corrected chi connectivity index (χ2v) is 5.09. The summed E-state index contributed by atoms with van der Waals surface area (Å²) in [7, 11) is 1.47. The molecule has 0 bridgehead atoms. The van der Waals surface area contributed by atoms with Crippen LogP contribution in [0.3, 0.4) is 0 Å². The summed E-state index contributed by atoms with van der Waals surface area (Å²) in [4.78, 5) is 16.2. The number of carbonyl (C=O) groups excluding carboxylic acids is 1. The van der Waals surface area contributed by atoms with E-state index in [0.29, 0.717) is 11.3 Å². The van der Waals surface area contributed by atoms with Gasteiger partial charge in [0.2, 0.25) is 0 Å². The fourth-order valence-electron chi connectivity index (χ4n) is 2.28. The molecule has 1 heterocycles. The van der Waals surface area contributed by atoms with Gasteiger partial charge in [0.05, 0.1) is 30.7 Å². The van der Waals surface area contributed by atoms with Crippen LogP contribution in [0.5, 0.6) is 11.5 Å². The summed E-state index contributed by atoms with van der Waals surface area (Å²) in [6, 6.07) is 12.4. The van der Waals surface area contributed by atoms with Gasteiger partial charge in [0.15, 0.2) is 11.5 Å². The number of imidazole rings is 1. The molecule has 0 aliphatic carbocycles. The van der Waals surface area contributed by atoms with E-state index in [1.807, 2.05) is 24.3 Å². The molecule has 24 heavy (non-hydrogen) atoms. The van der Waals surface area contributed by atoms with Crippen LogP contribution in [-0.4, -0.2) is 33.9 Å². The lowest BCUT2D eigenvalue weighted by atomic mass is 10.2. The highest BCUT2D eigenvalue weighted by Gasteiger charge is 2.06. The lowest BCUT2D eigenvalue weighted by Crippen LogP contribution is -2.22. The molecule has 0 spiro atoms. The van der Waals surface area contributed by atoms with Crippen LogP contribution >= 0.6 is 0 Å². The number of nitrogens with one attached hydrogen (secondary N) is 1. The van der Waals surface area contributed by atoms with Crippen LogP contribution in [0.4, 0.5) is 0 Å². The number of aromatic hydroxyl groups is 1. The lowest BCUT2D eigenvalue weighted by Gasteiger charge is -2.04. The smallest absolute Gasteiger partial charge is 0.260 e. The van der Waals surface area contributed by atoms with Crippen LogP contribution in [0.25, 0.3) is 11.0 Å². The highest BCUT2D eigenvalue weighted by Crippen LogP contribution is 2.25. The normalized spacial score (nSPS) is 11.0. The van der Waals surface area contributed by atoms with E-state index in [9.17, 15) is 9.90 Å². The number of ether oxygens (including phenoxy) is 1. The number of hydrogen-bond acceptors (Lipinski definition) is 5. The van der Waals surface area contributed by atoms with E-state index >= 15 is 0 Å². The predicted octanol–water partition coefficient (Wildman–Crippen LogP) is 1.90. The van der Waals surface area contributed by atoms with Crippen molar-refractivity contribution in [2.24, 2.45) is 5.10 Å². The van der Waals surface area contributed by atoms with Crippen molar-refractivity contribution in [1.82, 2.24) is 15.0 Å². The third-order valence-corrected chi connectivity index (χ3v) is 3.45. The minimum absolute atomic E-state index is 0.0469. The van der Waals surface area contributed by atoms with Crippen LogP contribution in [0.1, 0.15) is 5.56 Å². The maximum absolute atomic E-state index is 12.0. The second-order valence-electron chi connectivity index (χ2n) is 5.09. The van der Waals surface area contributed by atoms with Gasteiger partial charge in [-0.25, -0.2) is 10.4 Å². The number of benzene rings is 2. The van der Waals surface area contributed by atoms with Crippen molar-refractivity contribution < 1.29 is 14.6 Å². The van der Waals surface area contributed by atoms with Crippen LogP contribution in [0.2, 0.25) is 0 Å². The van der Waals surface area contributed by atoms with Crippen molar-refractivity contribution in [3.05, 3.63) is 54.4 Å². The number of carbonyl (C=O) groups is 1. The van der Waals surface area contributed by atoms with Crippen LogP contribution in [0, 0.1) is 0 Å². The Morgan fingerprint density at radius 2 is 2.21 bits per heavy atom. The minimum atomic E-state index is -0.264. The Hall–Kier alpha value is -3.35. The van der Waals surface area contributed by atoms with Crippen LogP contribution < -0.4 is 10.2 Å². The molecule has 7 heteroatoms. The first-order valence-corrected chi connectivity index (χ1v) is 7.26.